The molecule has 2 N–H and O–H groups in total. The van der Waals surface area contributed by atoms with Crippen molar-refractivity contribution in [1.82, 2.24) is 9.55 Å². The van der Waals surface area contributed by atoms with Crippen molar-refractivity contribution in [2.45, 2.75) is 57.6 Å². The number of ether oxygens (including phenoxy) is 1. The van der Waals surface area contributed by atoms with Gasteiger partial charge in [-0.05, 0) is 67.0 Å². The van der Waals surface area contributed by atoms with Crippen LogP contribution in [0.3, 0.4) is 0 Å². The first-order chi connectivity index (χ1) is 16.4. The van der Waals surface area contributed by atoms with Crippen LogP contribution < -0.4 is 11.3 Å². The minimum Gasteiger partial charge on any atom is -0.460 e. The van der Waals surface area contributed by atoms with Crippen LogP contribution in [0.2, 0.25) is 0 Å². The zero-order valence-corrected chi connectivity index (χ0v) is 19.0. The molecular weight excluding hydrogens is 437 g/mol. The molecule has 0 saturated heterocycles. The van der Waals surface area contributed by atoms with Gasteiger partial charge in [0.05, 0.1) is 29.0 Å². The number of aromatic nitrogens is 2. The number of pyridine rings is 2. The molecule has 0 unspecified atom stereocenters. The van der Waals surface area contributed by atoms with Gasteiger partial charge in [-0.2, -0.15) is 0 Å². The smallest absolute Gasteiger partial charge is 0.324 e. The van der Waals surface area contributed by atoms with Gasteiger partial charge in [0.2, 0.25) is 0 Å². The molecular formula is C26H24FN3O4. The maximum absolute atomic E-state index is 14.8. The quantitative estimate of drug-likeness (QED) is 0.286. The fourth-order valence-corrected chi connectivity index (χ4v) is 6.12. The Morgan fingerprint density at radius 2 is 2.09 bits per heavy atom. The van der Waals surface area contributed by atoms with Crippen LogP contribution in [0.4, 0.5) is 4.39 Å². The molecule has 0 saturated carbocycles. The van der Waals surface area contributed by atoms with Crippen LogP contribution >= 0.6 is 0 Å². The SMILES string of the molecule is CC[C@@]1(C=O)C(=O)OCc2c1cc1n(c2=O)Cc2c-1nc1cc(F)c(C)c3c1c2[C@@H](CN)CC3. The molecule has 7 nitrogen and oxygen atoms in total. The van der Waals surface area contributed by atoms with Crippen LogP contribution in [0.5, 0.6) is 0 Å². The third kappa shape index (κ3) is 2.44. The number of aldehydes is 1. The highest BCUT2D eigenvalue weighted by atomic mass is 19.1. The number of nitrogens with two attached hydrogens (primary N) is 1. The zero-order valence-electron chi connectivity index (χ0n) is 19.0. The van der Waals surface area contributed by atoms with E-state index >= 15 is 0 Å². The summed E-state index contributed by atoms with van der Waals surface area (Å²) in [5.74, 6) is -0.875. The number of rotatable bonds is 3. The van der Waals surface area contributed by atoms with Gasteiger partial charge in [0.15, 0.2) is 0 Å². The summed E-state index contributed by atoms with van der Waals surface area (Å²) in [7, 11) is 0. The molecule has 0 fully saturated rings. The van der Waals surface area contributed by atoms with E-state index in [0.29, 0.717) is 53.0 Å². The number of aryl methyl sites for hydroxylation is 1. The zero-order chi connectivity index (χ0) is 23.9. The van der Waals surface area contributed by atoms with Crippen molar-refractivity contribution in [3.05, 3.63) is 61.7 Å². The molecule has 0 bridgehead atoms. The second kappa shape index (κ2) is 7.06. The largest absolute Gasteiger partial charge is 0.460 e. The van der Waals surface area contributed by atoms with Gasteiger partial charge in [-0.15, -0.1) is 0 Å². The van der Waals surface area contributed by atoms with Gasteiger partial charge in [-0.1, -0.05) is 6.92 Å². The molecule has 0 radical (unpaired) electrons. The van der Waals surface area contributed by atoms with Gasteiger partial charge in [0.25, 0.3) is 5.56 Å². The fourth-order valence-electron chi connectivity index (χ4n) is 6.12. The van der Waals surface area contributed by atoms with Crippen LogP contribution in [0, 0.1) is 12.7 Å². The lowest BCUT2D eigenvalue weighted by atomic mass is 9.76. The Morgan fingerprint density at radius 3 is 2.79 bits per heavy atom. The maximum Gasteiger partial charge on any atom is 0.324 e. The van der Waals surface area contributed by atoms with Gasteiger partial charge >= 0.3 is 5.97 Å². The summed E-state index contributed by atoms with van der Waals surface area (Å²) in [5, 5.41) is 0.944. The normalized spacial score (nSPS) is 22.2. The number of nitrogens with zero attached hydrogens (tertiary/aromatic N) is 2. The van der Waals surface area contributed by atoms with E-state index in [1.54, 1.807) is 24.5 Å². The minimum atomic E-state index is -1.52. The average molecular weight is 461 g/mol. The van der Waals surface area contributed by atoms with E-state index in [1.165, 1.54) is 6.07 Å². The monoisotopic (exact) mass is 461 g/mol. The fraction of sp³-hybridized carbons (Fsp3) is 0.385. The van der Waals surface area contributed by atoms with E-state index in [9.17, 15) is 18.8 Å². The number of fused-ring (bicyclic) bond motifs is 5. The summed E-state index contributed by atoms with van der Waals surface area (Å²) < 4.78 is 21.7. The number of carbonyl (C=O) groups is 2. The summed E-state index contributed by atoms with van der Waals surface area (Å²) >= 11 is 0. The van der Waals surface area contributed by atoms with Gasteiger partial charge < -0.3 is 19.8 Å². The second-order valence-electron chi connectivity index (χ2n) is 9.51. The third-order valence-corrected chi connectivity index (χ3v) is 8.09. The molecule has 2 atom stereocenters. The van der Waals surface area contributed by atoms with Gasteiger partial charge in [0, 0.05) is 17.0 Å². The molecule has 3 aliphatic rings. The lowest BCUT2D eigenvalue weighted by Crippen LogP contribution is -2.45. The predicted molar refractivity (Wildman–Crippen MR) is 123 cm³/mol. The van der Waals surface area contributed by atoms with Crippen molar-refractivity contribution >= 4 is 23.2 Å². The van der Waals surface area contributed by atoms with Crippen molar-refractivity contribution in [2.24, 2.45) is 5.73 Å². The topological polar surface area (TPSA) is 104 Å². The Bertz CT molecular complexity index is 1510. The van der Waals surface area contributed by atoms with E-state index < -0.39 is 11.4 Å². The molecule has 6 rings (SSSR count). The number of halogens is 1. The Kier molecular flexibility index (Phi) is 4.39. The Hall–Kier alpha value is -3.39. The van der Waals surface area contributed by atoms with E-state index in [2.05, 4.69) is 0 Å². The van der Waals surface area contributed by atoms with E-state index in [-0.39, 0.29) is 30.3 Å². The first-order valence-electron chi connectivity index (χ1n) is 11.6. The Morgan fingerprint density at radius 1 is 1.29 bits per heavy atom. The molecule has 0 spiro atoms. The van der Waals surface area contributed by atoms with Gasteiger partial charge in [0.1, 0.15) is 24.1 Å². The molecule has 174 valence electrons. The van der Waals surface area contributed by atoms with Crippen LogP contribution in [0.15, 0.2) is 16.9 Å². The Balaban J connectivity index is 1.71. The third-order valence-electron chi connectivity index (χ3n) is 8.09. The highest BCUT2D eigenvalue weighted by Gasteiger charge is 2.47. The first kappa shape index (κ1) is 21.2. The first-order valence-corrected chi connectivity index (χ1v) is 11.6. The molecule has 3 aromatic rings. The molecule has 0 amide bonds. The summed E-state index contributed by atoms with van der Waals surface area (Å²) in [5.41, 5.74) is 10.3. The number of hydrogen-bond acceptors (Lipinski definition) is 6. The molecule has 2 aliphatic heterocycles. The summed E-state index contributed by atoms with van der Waals surface area (Å²) in [6, 6.07) is 3.19. The number of esters is 1. The summed E-state index contributed by atoms with van der Waals surface area (Å²) in [4.78, 5) is 43.2. The van der Waals surface area contributed by atoms with E-state index in [0.717, 1.165) is 34.9 Å². The van der Waals surface area contributed by atoms with Crippen molar-refractivity contribution < 1.29 is 18.7 Å². The lowest BCUT2D eigenvalue weighted by Gasteiger charge is -2.31. The summed E-state index contributed by atoms with van der Waals surface area (Å²) in [6.07, 6.45) is 2.28. The molecule has 4 heterocycles. The molecule has 2 aromatic heterocycles. The molecule has 8 heteroatoms. The number of carbonyl (C=O) groups excluding carboxylic acids is 2. The van der Waals surface area contributed by atoms with Crippen LogP contribution in [-0.4, -0.2) is 28.4 Å². The van der Waals surface area contributed by atoms with Gasteiger partial charge in [-0.25, -0.2) is 9.37 Å². The standard InChI is InChI=1S/C26H24FN3O4/c1-3-26(11-31)17-6-20-23-15(9-30(20)24(32)16(17)10-34-25(26)33)21-13(8-28)4-5-14-12(2)18(27)7-19(29-23)22(14)21/h6-7,11,13H,3-5,8-10,28H2,1-2H3/t13-,26+/m1/s1. The number of benzene rings is 1. The van der Waals surface area contributed by atoms with Crippen molar-refractivity contribution in [2.75, 3.05) is 6.54 Å². The van der Waals surface area contributed by atoms with E-state index in [1.807, 2.05) is 0 Å². The van der Waals surface area contributed by atoms with Crippen molar-refractivity contribution in [1.29, 1.82) is 0 Å². The molecule has 1 aliphatic carbocycles. The predicted octanol–water partition coefficient (Wildman–Crippen LogP) is 2.76. The van der Waals surface area contributed by atoms with Crippen molar-refractivity contribution in [3.8, 4) is 11.4 Å². The number of hydrogen-bond donors (Lipinski definition) is 1. The summed E-state index contributed by atoms with van der Waals surface area (Å²) in [6.45, 7) is 4.10. The number of cyclic esters (lactones) is 1. The molecule has 34 heavy (non-hydrogen) atoms. The lowest BCUT2D eigenvalue weighted by molar-refractivity contribution is -0.155. The second-order valence-corrected chi connectivity index (χ2v) is 9.51. The van der Waals surface area contributed by atoms with Crippen LogP contribution in [0.25, 0.3) is 22.3 Å². The highest BCUT2D eigenvalue weighted by molar-refractivity contribution is 6.01. The van der Waals surface area contributed by atoms with Crippen LogP contribution in [-0.2, 0) is 39.3 Å². The maximum atomic E-state index is 14.8. The molecule has 1 aromatic carbocycles. The average Bonchev–Trinajstić information content (AvgIpc) is 3.21. The van der Waals surface area contributed by atoms with Crippen molar-refractivity contribution in [3.63, 3.8) is 0 Å². The highest BCUT2D eigenvalue weighted by Crippen LogP contribution is 2.46. The van der Waals surface area contributed by atoms with Crippen LogP contribution in [0.1, 0.15) is 59.1 Å². The minimum absolute atomic E-state index is 0.0749. The van der Waals surface area contributed by atoms with Gasteiger partial charge in [-0.3, -0.25) is 9.59 Å². The Labute approximate surface area is 194 Å². The van der Waals surface area contributed by atoms with E-state index in [4.69, 9.17) is 15.5 Å².